The molecule has 0 amide bonds. The summed E-state index contributed by atoms with van der Waals surface area (Å²) in [6.07, 6.45) is 0.465. The molecule has 1 aromatic carbocycles. The van der Waals surface area contributed by atoms with Crippen molar-refractivity contribution in [1.29, 1.82) is 0 Å². The van der Waals surface area contributed by atoms with E-state index in [0.717, 1.165) is 5.56 Å². The second kappa shape index (κ2) is 4.62. The molecule has 0 aromatic heterocycles. The first-order valence-electron chi connectivity index (χ1n) is 4.09. The molecule has 69 valence electrons. The van der Waals surface area contributed by atoms with Crippen LogP contribution in [0.5, 0.6) is 0 Å². The fourth-order valence-electron chi connectivity index (χ4n) is 1.09. The van der Waals surface area contributed by atoms with E-state index in [-0.39, 0.29) is 0 Å². The molecule has 1 unspecified atom stereocenters. The van der Waals surface area contributed by atoms with Crippen molar-refractivity contribution in [1.82, 2.24) is 5.32 Å². The number of hydrogen-bond acceptors (Lipinski definition) is 2. The zero-order valence-corrected chi connectivity index (χ0v) is 7.45. The number of aliphatic carboxylic acids is 1. The smallest absolute Gasteiger partial charge is 0.321 e. The van der Waals surface area contributed by atoms with Gasteiger partial charge < -0.3 is 10.4 Å². The summed E-state index contributed by atoms with van der Waals surface area (Å²) in [5.74, 6) is -0.834. The minimum Gasteiger partial charge on any atom is -0.480 e. The summed E-state index contributed by atoms with van der Waals surface area (Å²) in [4.78, 5) is 10.7. The van der Waals surface area contributed by atoms with E-state index in [1.165, 1.54) is 0 Å². The lowest BCUT2D eigenvalue weighted by atomic mass is 10.1. The van der Waals surface area contributed by atoms with Gasteiger partial charge in [0, 0.05) is 0 Å². The number of likely N-dealkylation sites (N-methyl/N-ethyl adjacent to an activating group) is 1. The number of benzene rings is 1. The molecule has 0 fully saturated rings. The summed E-state index contributed by atoms with van der Waals surface area (Å²) < 4.78 is 0. The van der Waals surface area contributed by atoms with Crippen molar-refractivity contribution in [2.45, 2.75) is 12.5 Å². The van der Waals surface area contributed by atoms with E-state index in [2.05, 4.69) is 11.4 Å². The molecule has 3 nitrogen and oxygen atoms in total. The van der Waals surface area contributed by atoms with E-state index >= 15 is 0 Å². The highest BCUT2D eigenvalue weighted by Gasteiger charge is 2.14. The molecule has 1 atom stereocenters. The molecule has 3 heteroatoms. The van der Waals surface area contributed by atoms with Gasteiger partial charge in [0.25, 0.3) is 0 Å². The fraction of sp³-hybridized carbons (Fsp3) is 0.300. The number of nitrogens with one attached hydrogen (secondary N) is 1. The molecular formula is C10H12NO2. The minimum atomic E-state index is -0.834. The van der Waals surface area contributed by atoms with Crippen LogP contribution in [0.1, 0.15) is 5.56 Å². The average Bonchev–Trinajstić information content (AvgIpc) is 2.15. The van der Waals surface area contributed by atoms with Gasteiger partial charge in [-0.25, -0.2) is 0 Å². The molecule has 0 spiro atoms. The Morgan fingerprint density at radius 2 is 2.46 bits per heavy atom. The predicted octanol–water partition coefficient (Wildman–Crippen LogP) is 0.702. The Morgan fingerprint density at radius 3 is 2.92 bits per heavy atom. The van der Waals surface area contributed by atoms with Crippen LogP contribution in [-0.4, -0.2) is 24.2 Å². The lowest BCUT2D eigenvalue weighted by Crippen LogP contribution is -2.35. The molecule has 1 radical (unpaired) electrons. The van der Waals surface area contributed by atoms with Crippen molar-refractivity contribution in [2.24, 2.45) is 0 Å². The molecular weight excluding hydrogens is 166 g/mol. The summed E-state index contributed by atoms with van der Waals surface area (Å²) in [5.41, 5.74) is 0.907. The molecule has 1 rings (SSSR count). The van der Waals surface area contributed by atoms with E-state index in [9.17, 15) is 4.79 Å². The predicted molar refractivity (Wildman–Crippen MR) is 49.5 cm³/mol. The third kappa shape index (κ3) is 2.87. The van der Waals surface area contributed by atoms with Crippen LogP contribution >= 0.6 is 0 Å². The van der Waals surface area contributed by atoms with E-state index in [4.69, 9.17) is 5.11 Å². The largest absolute Gasteiger partial charge is 0.480 e. The van der Waals surface area contributed by atoms with Crippen LogP contribution in [0.4, 0.5) is 0 Å². The zero-order valence-electron chi connectivity index (χ0n) is 7.45. The van der Waals surface area contributed by atoms with Crippen molar-refractivity contribution >= 4 is 5.97 Å². The Hall–Kier alpha value is -1.35. The molecule has 0 heterocycles. The van der Waals surface area contributed by atoms with Crippen molar-refractivity contribution in [3.8, 4) is 0 Å². The van der Waals surface area contributed by atoms with Gasteiger partial charge in [0.15, 0.2) is 0 Å². The Labute approximate surface area is 77.4 Å². The second-order valence-electron chi connectivity index (χ2n) is 2.77. The van der Waals surface area contributed by atoms with Crippen LogP contribution in [0.15, 0.2) is 24.3 Å². The Morgan fingerprint density at radius 1 is 1.69 bits per heavy atom. The molecule has 1 aromatic rings. The first-order chi connectivity index (χ1) is 6.24. The number of carboxylic acid groups (broad SMARTS) is 1. The van der Waals surface area contributed by atoms with Crippen LogP contribution in [0, 0.1) is 6.07 Å². The van der Waals surface area contributed by atoms with E-state index in [1.54, 1.807) is 13.1 Å². The topological polar surface area (TPSA) is 49.3 Å². The summed E-state index contributed by atoms with van der Waals surface area (Å²) in [5, 5.41) is 11.5. The van der Waals surface area contributed by atoms with Gasteiger partial charge in [0.1, 0.15) is 6.04 Å². The molecule has 2 N–H and O–H groups in total. The van der Waals surface area contributed by atoms with Gasteiger partial charge in [0.05, 0.1) is 0 Å². The maximum atomic E-state index is 10.7. The van der Waals surface area contributed by atoms with Gasteiger partial charge >= 0.3 is 5.97 Å². The maximum Gasteiger partial charge on any atom is 0.321 e. The summed E-state index contributed by atoms with van der Waals surface area (Å²) in [6.45, 7) is 0. The van der Waals surface area contributed by atoms with Gasteiger partial charge in [0.2, 0.25) is 0 Å². The van der Waals surface area contributed by atoms with Crippen LogP contribution in [0.3, 0.4) is 0 Å². The van der Waals surface area contributed by atoms with Crippen LogP contribution in [-0.2, 0) is 11.2 Å². The maximum absolute atomic E-state index is 10.7. The number of hydrogen-bond donors (Lipinski definition) is 2. The van der Waals surface area contributed by atoms with Gasteiger partial charge in [-0.2, -0.15) is 0 Å². The highest BCUT2D eigenvalue weighted by Crippen LogP contribution is 2.01. The number of carbonyl (C=O) groups is 1. The van der Waals surface area contributed by atoms with Gasteiger partial charge in [-0.1, -0.05) is 24.3 Å². The molecule has 0 aliphatic heterocycles. The molecule has 0 saturated heterocycles. The SMILES string of the molecule is CNC(Cc1[c]cccc1)C(=O)O. The third-order valence-corrected chi connectivity index (χ3v) is 1.84. The van der Waals surface area contributed by atoms with Crippen molar-refractivity contribution in [3.63, 3.8) is 0 Å². The van der Waals surface area contributed by atoms with E-state index < -0.39 is 12.0 Å². The van der Waals surface area contributed by atoms with Crippen LogP contribution in [0.2, 0.25) is 0 Å². The highest BCUT2D eigenvalue weighted by molar-refractivity contribution is 5.73. The minimum absolute atomic E-state index is 0.465. The first-order valence-corrected chi connectivity index (χ1v) is 4.09. The fourth-order valence-corrected chi connectivity index (χ4v) is 1.09. The molecule has 0 aliphatic rings. The molecule has 0 aliphatic carbocycles. The summed E-state index contributed by atoms with van der Waals surface area (Å²) >= 11 is 0. The van der Waals surface area contributed by atoms with E-state index in [0.29, 0.717) is 6.42 Å². The van der Waals surface area contributed by atoms with Gasteiger partial charge in [-0.3, -0.25) is 4.79 Å². The summed E-state index contributed by atoms with van der Waals surface area (Å²) in [6, 6.07) is 9.84. The van der Waals surface area contributed by atoms with Crippen LogP contribution < -0.4 is 5.32 Å². The summed E-state index contributed by atoms with van der Waals surface area (Å²) in [7, 11) is 1.64. The Balaban J connectivity index is 2.62. The van der Waals surface area contributed by atoms with Crippen molar-refractivity contribution in [2.75, 3.05) is 7.05 Å². The number of carboxylic acids is 1. The lowest BCUT2D eigenvalue weighted by Gasteiger charge is -2.10. The van der Waals surface area contributed by atoms with Crippen molar-refractivity contribution < 1.29 is 9.90 Å². The van der Waals surface area contributed by atoms with Gasteiger partial charge in [-0.15, -0.1) is 0 Å². The quantitative estimate of drug-likeness (QED) is 0.713. The van der Waals surface area contributed by atoms with Crippen LogP contribution in [0.25, 0.3) is 0 Å². The Kier molecular flexibility index (Phi) is 3.46. The van der Waals surface area contributed by atoms with E-state index in [1.807, 2.05) is 18.2 Å². The first kappa shape index (κ1) is 9.74. The standard InChI is InChI=1S/C10H12NO2/c1-11-9(10(12)13)7-8-5-3-2-4-6-8/h2-5,9,11H,7H2,1H3,(H,12,13). The number of rotatable bonds is 4. The second-order valence-corrected chi connectivity index (χ2v) is 2.77. The molecule has 13 heavy (non-hydrogen) atoms. The van der Waals surface area contributed by atoms with Crippen molar-refractivity contribution in [3.05, 3.63) is 35.9 Å². The Bertz CT molecular complexity index is 272. The monoisotopic (exact) mass is 178 g/mol. The normalized spacial score (nSPS) is 12.4. The van der Waals surface area contributed by atoms with Gasteiger partial charge in [-0.05, 0) is 25.1 Å². The molecule has 0 saturated carbocycles. The zero-order chi connectivity index (χ0) is 9.68. The third-order valence-electron chi connectivity index (χ3n) is 1.84. The molecule has 0 bridgehead atoms. The highest BCUT2D eigenvalue weighted by atomic mass is 16.4. The average molecular weight is 178 g/mol. The lowest BCUT2D eigenvalue weighted by molar-refractivity contribution is -0.139.